The van der Waals surface area contributed by atoms with Crippen LogP contribution in [0.25, 0.3) is 23.1 Å². The Bertz CT molecular complexity index is 4760. The molecule has 5 heterocycles. The summed E-state index contributed by atoms with van der Waals surface area (Å²) in [4.78, 5) is 48.3. The largest absolute Gasteiger partial charge is 0.483 e. The first-order valence-electron chi connectivity index (χ1n) is 38.7. The summed E-state index contributed by atoms with van der Waals surface area (Å²) in [5.41, 5.74) is 16.5. The second-order valence-electron chi connectivity index (χ2n) is 33.3. The Kier molecular flexibility index (Phi) is 15.8. The van der Waals surface area contributed by atoms with Gasteiger partial charge in [-0.25, -0.2) is 9.59 Å². The van der Waals surface area contributed by atoms with E-state index in [1.54, 1.807) is 0 Å². The number of aliphatic hydroxyl groups is 3. The molecule has 3 saturated carbocycles. The molecule has 13 aliphatic carbocycles. The van der Waals surface area contributed by atoms with Crippen LogP contribution in [-0.2, 0) is 54.1 Å². The minimum absolute atomic E-state index is 0.0111. The lowest BCUT2D eigenvalue weighted by Crippen LogP contribution is -2.59. The maximum absolute atomic E-state index is 16.7. The van der Waals surface area contributed by atoms with Crippen molar-refractivity contribution in [1.29, 1.82) is 0 Å². The highest BCUT2D eigenvalue weighted by Gasteiger charge is 2.64. The van der Waals surface area contributed by atoms with Crippen molar-refractivity contribution in [3.05, 3.63) is 250 Å². The van der Waals surface area contributed by atoms with Crippen LogP contribution in [0.15, 0.2) is 160 Å². The summed E-state index contributed by atoms with van der Waals surface area (Å²) >= 11 is 0. The molecule has 0 unspecified atom stereocenters. The third kappa shape index (κ3) is 9.73. The number of esters is 2. The molecule has 3 N–H and O–H groups in total. The van der Waals surface area contributed by atoms with E-state index in [4.69, 9.17) is 23.4 Å². The fourth-order valence-corrected chi connectivity index (χ4v) is 24.5. The van der Waals surface area contributed by atoms with Crippen LogP contribution < -0.4 is 10.4 Å². The molecule has 102 heavy (non-hydrogen) atoms. The number of benzene rings is 6. The van der Waals surface area contributed by atoms with E-state index in [9.17, 15) is 15.3 Å². The van der Waals surface area contributed by atoms with E-state index < -0.39 is 47.9 Å². The molecule has 0 radical (unpaired) electrons. The van der Waals surface area contributed by atoms with Crippen molar-refractivity contribution >= 4 is 35.1 Å². The first-order valence-corrected chi connectivity index (χ1v) is 38.7. The minimum Gasteiger partial charge on any atom is -0.483 e. The molecular weight excluding hydrogens is 1270 g/mol. The van der Waals surface area contributed by atoms with Crippen molar-refractivity contribution in [1.82, 2.24) is 0 Å². The van der Waals surface area contributed by atoms with Crippen LogP contribution >= 0.6 is 0 Å². The average molecular weight is 1360 g/mol. The lowest BCUT2D eigenvalue weighted by atomic mass is 9.48. The summed E-state index contributed by atoms with van der Waals surface area (Å²) in [6.45, 7) is 2.86. The van der Waals surface area contributed by atoms with E-state index >= 15 is 14.4 Å². The number of rotatable bonds is 7. The molecule has 4 aliphatic heterocycles. The number of methoxy groups -OCH3 is 1. The normalized spacial score (nSPS) is 33.0. The minimum atomic E-state index is -1.40. The van der Waals surface area contributed by atoms with E-state index in [-0.39, 0.29) is 119 Å². The van der Waals surface area contributed by atoms with Crippen LogP contribution in [-0.4, -0.2) is 65.9 Å². The number of ether oxygens (including phenoxy) is 4. The van der Waals surface area contributed by atoms with E-state index in [0.717, 1.165) is 64.2 Å². The summed E-state index contributed by atoms with van der Waals surface area (Å²) in [6.07, 6.45) is 26.3. The standard InChI is InChI=1S/C91H94O11/c1-50(47-93)70-45-74-66-30-23-56-41-71(66)59-42-73-67-29-21-53-10-4-5-13-64(53)72(67)46-78(73)89(2)86(101-87(70)96)85(83-80(102-89)33-32-69-75(48-94)82(88(97)100-84(69)83)57(34-37-92)49-98-3)99-81(95)44-58-40-55(22-28-63(56)58)65-14-9-15-76-68(65)31-27-62-12-8-11-61-26-20-54-19-16-52(39-77(54)91(61,62)76)38-51-17-24-60(25-18-51)90(79(74)43-59)35-6-7-36-90/h4-5,9-10,13-26,28-30,32-33,39,41,55,57-59,61-63,67,72-74,78-79,85-86,92-94H,6-8,11-12,27,31,34-38,40,42-49H2,1-3H3/b70-50-/t55-,57+,58-,59-,61+,62-,63+,67-,72+,73+,74+,78+,79+,85+,86-,89-,91+/m0/s1. The number of carbonyl (C=O) groups excluding carboxylic acids is 2. The topological polar surface area (TPSA) is 162 Å². The summed E-state index contributed by atoms with van der Waals surface area (Å²) in [7, 11) is 1.54. The van der Waals surface area contributed by atoms with Gasteiger partial charge in [-0.2, -0.15) is 0 Å². The Morgan fingerprint density at radius 2 is 1.55 bits per heavy atom. The second kappa shape index (κ2) is 24.9. The number of hydrogen-bond acceptors (Lipinski definition) is 11. The van der Waals surface area contributed by atoms with Crippen molar-refractivity contribution in [2.24, 2.45) is 41.4 Å². The predicted molar refractivity (Wildman–Crippen MR) is 393 cm³/mol. The van der Waals surface area contributed by atoms with Crippen LogP contribution in [0.5, 0.6) is 5.75 Å². The van der Waals surface area contributed by atoms with Gasteiger partial charge in [0.15, 0.2) is 17.8 Å². The molecule has 17 atom stereocenters. The van der Waals surface area contributed by atoms with Gasteiger partial charge in [0.05, 0.1) is 25.4 Å². The number of aliphatic hydroxyl groups excluding tert-OH is 3. The van der Waals surface area contributed by atoms with E-state index in [0.29, 0.717) is 58.9 Å². The van der Waals surface area contributed by atoms with Gasteiger partial charge in [0.25, 0.3) is 0 Å². The third-order valence-electron chi connectivity index (χ3n) is 28.9. The quantitative estimate of drug-likeness (QED) is 0.0603. The van der Waals surface area contributed by atoms with Gasteiger partial charge < -0.3 is 38.7 Å². The molecule has 7 aromatic rings. The fraction of sp³-hybridized carbons (Fsp3) is 0.462. The Morgan fingerprint density at radius 1 is 0.716 bits per heavy atom. The maximum atomic E-state index is 16.7. The molecule has 1 saturated heterocycles. The van der Waals surface area contributed by atoms with Gasteiger partial charge in [-0.3, -0.25) is 4.79 Å². The van der Waals surface area contributed by atoms with Crippen molar-refractivity contribution in [2.45, 2.75) is 194 Å². The zero-order valence-electron chi connectivity index (χ0n) is 59.1. The summed E-state index contributed by atoms with van der Waals surface area (Å²) in [6, 6.07) is 44.3. The van der Waals surface area contributed by atoms with E-state index in [2.05, 4.69) is 147 Å². The predicted octanol–water partition coefficient (Wildman–Crippen LogP) is 17.0. The lowest BCUT2D eigenvalue weighted by molar-refractivity contribution is -0.202. The van der Waals surface area contributed by atoms with Gasteiger partial charge in [-0.05, 0) is 252 Å². The van der Waals surface area contributed by atoms with Gasteiger partial charge in [0.1, 0.15) is 11.3 Å². The number of allylic oxidation sites excluding steroid dienone is 4. The van der Waals surface area contributed by atoms with Gasteiger partial charge >= 0.3 is 17.6 Å². The molecule has 11 nitrogen and oxygen atoms in total. The highest BCUT2D eigenvalue weighted by Crippen LogP contribution is 2.67. The number of hydrogen-bond donors (Lipinski definition) is 3. The summed E-state index contributed by atoms with van der Waals surface area (Å²) < 4.78 is 35.1. The zero-order valence-corrected chi connectivity index (χ0v) is 59.1. The first kappa shape index (κ1) is 64.9. The average Bonchev–Trinajstić information content (AvgIpc) is 0.846. The second-order valence-corrected chi connectivity index (χ2v) is 33.3. The SMILES string of the molecule is COC[C@@H](CCO)c1c(CO)c2ccc3c(c2oc1=O)[C@H]1OC(=O)C[C@@H]2C[C@@H]4C=C[C@@H]2c2ccc5c(c2)[C@H]2C[C@@H]6[C@H]7C=Cc8ccccc8[C@H]7C[C@H]6[C@](C)(O3)[C@H]1OC(=O)/C(=C(/C)CO)C[C@H]5[C@@H](C2)C1(CCCC1)c1ccc(cc1)Cc1ccc2c(c1)[C@@]13c5cccc4c5CC[C@@H]1CCC[C@@H]3C=C2. The van der Waals surface area contributed by atoms with Crippen LogP contribution in [0, 0.1) is 41.4 Å². The monoisotopic (exact) mass is 1360 g/mol. The van der Waals surface area contributed by atoms with Gasteiger partial charge in [0.2, 0.25) is 0 Å². The summed E-state index contributed by atoms with van der Waals surface area (Å²) in [5.74, 6) is -1.18. The Balaban J connectivity index is 0.882. The molecule has 524 valence electrons. The Hall–Kier alpha value is -7.93. The first-order chi connectivity index (χ1) is 49.8. The van der Waals surface area contributed by atoms with E-state index in [1.807, 2.05) is 19.1 Å². The maximum Gasteiger partial charge on any atom is 0.340 e. The molecule has 17 aliphatic rings. The fourth-order valence-electron chi connectivity index (χ4n) is 24.5. The number of carbonyl (C=O) groups is 2. The van der Waals surface area contributed by atoms with Crippen molar-refractivity contribution in [2.75, 3.05) is 26.9 Å². The van der Waals surface area contributed by atoms with Crippen molar-refractivity contribution in [3.8, 4) is 5.75 Å². The van der Waals surface area contributed by atoms with Crippen molar-refractivity contribution in [3.63, 3.8) is 0 Å². The Morgan fingerprint density at radius 3 is 2.38 bits per heavy atom. The molecule has 11 heteroatoms. The molecule has 0 amide bonds. The molecule has 20 bridgehead atoms. The van der Waals surface area contributed by atoms with Crippen molar-refractivity contribution < 1.29 is 48.3 Å². The van der Waals surface area contributed by atoms with Crippen LogP contribution in [0.1, 0.15) is 241 Å². The molecule has 24 rings (SSSR count). The zero-order chi connectivity index (χ0) is 69.1. The van der Waals surface area contributed by atoms with Gasteiger partial charge in [0, 0.05) is 65.7 Å². The van der Waals surface area contributed by atoms with Crippen LogP contribution in [0.2, 0.25) is 0 Å². The molecular formula is C91H94O11. The van der Waals surface area contributed by atoms with Crippen LogP contribution in [0.3, 0.4) is 0 Å². The van der Waals surface area contributed by atoms with Crippen LogP contribution in [0.4, 0.5) is 0 Å². The molecule has 4 fully saturated rings. The highest BCUT2D eigenvalue weighted by molar-refractivity contribution is 5.91. The van der Waals surface area contributed by atoms with Gasteiger partial charge in [-0.15, -0.1) is 0 Å². The van der Waals surface area contributed by atoms with Gasteiger partial charge in [-0.1, -0.05) is 159 Å². The molecule has 6 aromatic carbocycles. The Labute approximate surface area is 598 Å². The highest BCUT2D eigenvalue weighted by atomic mass is 16.6. The lowest BCUT2D eigenvalue weighted by Gasteiger charge is -2.55. The smallest absolute Gasteiger partial charge is 0.340 e. The third-order valence-corrected chi connectivity index (χ3v) is 28.9. The molecule has 1 aromatic heterocycles. The number of fused-ring (bicyclic) bond motifs is 10. The molecule has 2 spiro atoms. The summed E-state index contributed by atoms with van der Waals surface area (Å²) in [5, 5.41) is 34.0. The van der Waals surface area contributed by atoms with E-state index in [1.165, 1.54) is 92.3 Å².